The second-order valence-corrected chi connectivity index (χ2v) is 11.2. The van der Waals surface area contributed by atoms with Crippen molar-refractivity contribution in [2.45, 2.75) is 50.1 Å². The Bertz CT molecular complexity index is 1180. The molecule has 6 heteroatoms. The minimum atomic E-state index is -0.360. The van der Waals surface area contributed by atoms with Crippen molar-refractivity contribution >= 4 is 5.91 Å². The molecule has 1 saturated heterocycles. The Balaban J connectivity index is 1.95. The standard InChI is InChI=1S/C33H44N4O2/c1-22(2)25-17-18-29(39-6)27(19-25)31-26(20-28(33(34)38)36(4)5)21-37(35-3)32(31)30(23-13-9-7-10-14-23)24-15-11-8-12-16-24/h7-19,22,26,28,30-32,35H,20-21H2,1-6H3,(H2,34,38). The van der Waals surface area contributed by atoms with Crippen LogP contribution in [0.4, 0.5) is 0 Å². The molecular weight excluding hydrogens is 484 g/mol. The highest BCUT2D eigenvalue weighted by atomic mass is 16.5. The number of nitrogens with zero attached hydrogens (tertiary/aromatic N) is 2. The minimum absolute atomic E-state index is 0.0665. The van der Waals surface area contributed by atoms with Gasteiger partial charge in [0, 0.05) is 24.4 Å². The van der Waals surface area contributed by atoms with Gasteiger partial charge < -0.3 is 10.5 Å². The van der Waals surface area contributed by atoms with Gasteiger partial charge in [0.1, 0.15) is 5.75 Å². The first-order valence-electron chi connectivity index (χ1n) is 13.9. The monoisotopic (exact) mass is 528 g/mol. The summed E-state index contributed by atoms with van der Waals surface area (Å²) >= 11 is 0. The summed E-state index contributed by atoms with van der Waals surface area (Å²) in [6.07, 6.45) is 0.660. The van der Waals surface area contributed by atoms with Crippen LogP contribution >= 0.6 is 0 Å². The normalized spacial score (nSPS) is 20.6. The molecule has 1 amide bonds. The van der Waals surface area contributed by atoms with Gasteiger partial charge in [0.05, 0.1) is 13.2 Å². The fraction of sp³-hybridized carbons (Fsp3) is 0.424. The Labute approximate surface area is 234 Å². The molecule has 0 aromatic heterocycles. The molecule has 0 saturated carbocycles. The maximum Gasteiger partial charge on any atom is 0.234 e. The molecule has 39 heavy (non-hydrogen) atoms. The van der Waals surface area contributed by atoms with Crippen LogP contribution in [0.3, 0.4) is 0 Å². The number of hydrogen-bond acceptors (Lipinski definition) is 5. The molecule has 3 aromatic carbocycles. The molecule has 0 spiro atoms. The summed E-state index contributed by atoms with van der Waals surface area (Å²) < 4.78 is 6.01. The van der Waals surface area contributed by atoms with Crippen molar-refractivity contribution in [2.24, 2.45) is 11.7 Å². The van der Waals surface area contributed by atoms with E-state index in [4.69, 9.17) is 10.5 Å². The van der Waals surface area contributed by atoms with Crippen LogP contribution in [0.2, 0.25) is 0 Å². The maximum absolute atomic E-state index is 12.6. The highest BCUT2D eigenvalue weighted by molar-refractivity contribution is 5.79. The molecule has 6 nitrogen and oxygen atoms in total. The lowest BCUT2D eigenvalue weighted by atomic mass is 9.72. The summed E-state index contributed by atoms with van der Waals surface area (Å²) in [7, 11) is 7.62. The van der Waals surface area contributed by atoms with E-state index in [0.717, 1.165) is 12.3 Å². The lowest BCUT2D eigenvalue weighted by Crippen LogP contribution is -2.44. The first-order chi connectivity index (χ1) is 18.8. The van der Waals surface area contributed by atoms with Crippen molar-refractivity contribution in [3.8, 4) is 5.75 Å². The number of likely N-dealkylation sites (N-methyl/N-ethyl adjacent to an activating group) is 1. The highest BCUT2D eigenvalue weighted by Crippen LogP contribution is 2.50. The van der Waals surface area contributed by atoms with Gasteiger partial charge in [0.25, 0.3) is 0 Å². The molecule has 4 atom stereocenters. The Kier molecular flexibility index (Phi) is 9.44. The van der Waals surface area contributed by atoms with Crippen LogP contribution in [-0.4, -0.2) is 62.7 Å². The van der Waals surface area contributed by atoms with Crippen LogP contribution in [0.15, 0.2) is 78.9 Å². The smallest absolute Gasteiger partial charge is 0.234 e. The van der Waals surface area contributed by atoms with Gasteiger partial charge in [0.15, 0.2) is 0 Å². The molecule has 0 radical (unpaired) electrons. The predicted molar refractivity (Wildman–Crippen MR) is 159 cm³/mol. The minimum Gasteiger partial charge on any atom is -0.496 e. The summed E-state index contributed by atoms with van der Waals surface area (Å²) in [5.41, 5.74) is 14.5. The molecule has 0 bridgehead atoms. The number of hydrogen-bond donors (Lipinski definition) is 2. The van der Waals surface area contributed by atoms with Gasteiger partial charge in [-0.3, -0.25) is 15.1 Å². The van der Waals surface area contributed by atoms with E-state index in [1.165, 1.54) is 22.3 Å². The third kappa shape index (κ3) is 6.19. The van der Waals surface area contributed by atoms with Crippen LogP contribution < -0.4 is 15.9 Å². The van der Waals surface area contributed by atoms with Gasteiger partial charge in [-0.05, 0) is 67.7 Å². The van der Waals surface area contributed by atoms with Gasteiger partial charge in [-0.15, -0.1) is 0 Å². The molecule has 3 aromatic rings. The lowest BCUT2D eigenvalue weighted by molar-refractivity contribution is -0.122. The number of ether oxygens (including phenoxy) is 1. The van der Waals surface area contributed by atoms with Gasteiger partial charge in [-0.1, -0.05) is 86.6 Å². The summed E-state index contributed by atoms with van der Waals surface area (Å²) in [5, 5.41) is 2.37. The Morgan fingerprint density at radius 2 is 1.59 bits per heavy atom. The van der Waals surface area contributed by atoms with Gasteiger partial charge in [-0.2, -0.15) is 0 Å². The van der Waals surface area contributed by atoms with Crippen molar-refractivity contribution < 1.29 is 9.53 Å². The molecule has 1 fully saturated rings. The average Bonchev–Trinajstić information content (AvgIpc) is 3.29. The van der Waals surface area contributed by atoms with Crippen LogP contribution in [0.1, 0.15) is 60.3 Å². The second-order valence-electron chi connectivity index (χ2n) is 11.2. The number of benzene rings is 3. The Morgan fingerprint density at radius 1 is 1.00 bits per heavy atom. The highest BCUT2D eigenvalue weighted by Gasteiger charge is 2.49. The summed E-state index contributed by atoms with van der Waals surface area (Å²) in [5.74, 6) is 1.31. The zero-order valence-corrected chi connectivity index (χ0v) is 24.2. The van der Waals surface area contributed by atoms with E-state index in [9.17, 15) is 4.79 Å². The fourth-order valence-corrected chi connectivity index (χ4v) is 6.40. The third-order valence-corrected chi connectivity index (χ3v) is 8.37. The fourth-order valence-electron chi connectivity index (χ4n) is 6.40. The van der Waals surface area contributed by atoms with E-state index >= 15 is 0 Å². The van der Waals surface area contributed by atoms with Crippen LogP contribution in [0, 0.1) is 5.92 Å². The number of carbonyl (C=O) groups is 1. The number of hydrazine groups is 1. The number of carbonyl (C=O) groups excluding carboxylic acids is 1. The van der Waals surface area contributed by atoms with E-state index in [2.05, 4.69) is 103 Å². The number of amides is 1. The zero-order valence-electron chi connectivity index (χ0n) is 24.2. The lowest BCUT2D eigenvalue weighted by Gasteiger charge is -2.37. The molecule has 4 unspecified atom stereocenters. The molecule has 0 aliphatic carbocycles. The van der Waals surface area contributed by atoms with E-state index in [1.807, 2.05) is 26.0 Å². The predicted octanol–water partition coefficient (Wildman–Crippen LogP) is 4.97. The van der Waals surface area contributed by atoms with Crippen molar-refractivity contribution in [2.75, 3.05) is 34.8 Å². The van der Waals surface area contributed by atoms with E-state index in [1.54, 1.807) is 7.11 Å². The van der Waals surface area contributed by atoms with Crippen molar-refractivity contribution in [1.82, 2.24) is 15.3 Å². The second kappa shape index (κ2) is 12.8. The van der Waals surface area contributed by atoms with Crippen LogP contribution in [0.25, 0.3) is 0 Å². The molecule has 208 valence electrons. The number of nitrogens with one attached hydrogen (secondary N) is 1. The van der Waals surface area contributed by atoms with E-state index in [0.29, 0.717) is 12.3 Å². The number of methoxy groups -OCH3 is 1. The first-order valence-corrected chi connectivity index (χ1v) is 13.9. The van der Waals surface area contributed by atoms with Crippen molar-refractivity contribution in [1.29, 1.82) is 0 Å². The van der Waals surface area contributed by atoms with Crippen molar-refractivity contribution in [3.63, 3.8) is 0 Å². The van der Waals surface area contributed by atoms with Crippen molar-refractivity contribution in [3.05, 3.63) is 101 Å². The average molecular weight is 529 g/mol. The SMILES string of the molecule is CNN1CC(CC(C(N)=O)N(C)C)C(c2cc(C(C)C)ccc2OC)C1C(c1ccccc1)c1ccccc1. The topological polar surface area (TPSA) is 70.8 Å². The number of nitrogens with two attached hydrogens (primary N) is 1. The van der Waals surface area contributed by atoms with E-state index in [-0.39, 0.29) is 35.7 Å². The molecular formula is C33H44N4O2. The van der Waals surface area contributed by atoms with Crippen LogP contribution in [0.5, 0.6) is 5.75 Å². The summed E-state index contributed by atoms with van der Waals surface area (Å²) in [6, 6.07) is 27.8. The number of rotatable bonds is 11. The Hall–Kier alpha value is -3.19. The third-order valence-electron chi connectivity index (χ3n) is 8.37. The van der Waals surface area contributed by atoms with E-state index < -0.39 is 0 Å². The maximum atomic E-state index is 12.6. The Morgan fingerprint density at radius 3 is 2.05 bits per heavy atom. The molecule has 1 aliphatic rings. The summed E-state index contributed by atoms with van der Waals surface area (Å²) in [4.78, 5) is 14.5. The molecule has 4 rings (SSSR count). The molecule has 1 heterocycles. The van der Waals surface area contributed by atoms with Gasteiger partial charge >= 0.3 is 0 Å². The quantitative estimate of drug-likeness (QED) is 0.368. The van der Waals surface area contributed by atoms with Gasteiger partial charge in [0.2, 0.25) is 5.91 Å². The van der Waals surface area contributed by atoms with Crippen LogP contribution in [-0.2, 0) is 4.79 Å². The van der Waals surface area contributed by atoms with Gasteiger partial charge in [-0.25, -0.2) is 5.01 Å². The largest absolute Gasteiger partial charge is 0.496 e. The number of primary amides is 1. The first kappa shape index (κ1) is 28.8. The molecule has 3 N–H and O–H groups in total. The summed E-state index contributed by atoms with van der Waals surface area (Å²) in [6.45, 7) is 5.23. The molecule has 1 aliphatic heterocycles. The zero-order chi connectivity index (χ0) is 28.1.